The van der Waals surface area contributed by atoms with Gasteiger partial charge in [-0.25, -0.2) is 4.98 Å². The third kappa shape index (κ3) is 3.46. The zero-order chi connectivity index (χ0) is 9.52. The quantitative estimate of drug-likeness (QED) is 0.556. The molecule has 72 valence electrons. The summed E-state index contributed by atoms with van der Waals surface area (Å²) in [5.74, 6) is 1.03. The molecule has 1 aromatic heterocycles. The van der Waals surface area contributed by atoms with Crippen molar-refractivity contribution in [3.05, 3.63) is 22.7 Å². The molecule has 0 bridgehead atoms. The van der Waals surface area contributed by atoms with Crippen LogP contribution in [0.25, 0.3) is 0 Å². The second-order valence-electron chi connectivity index (χ2n) is 2.59. The molecule has 0 aliphatic rings. The lowest BCUT2D eigenvalue weighted by Crippen LogP contribution is -2.16. The van der Waals surface area contributed by atoms with Gasteiger partial charge in [0.15, 0.2) is 5.82 Å². The largest absolute Gasteiger partial charge is 0.365 e. The highest BCUT2D eigenvalue weighted by molar-refractivity contribution is 6.17. The first-order chi connectivity index (χ1) is 6.34. The Bertz CT molecular complexity index is 299. The molecule has 0 atom stereocenters. The topological polar surface area (TPSA) is 57.8 Å². The van der Waals surface area contributed by atoms with Crippen molar-refractivity contribution in [3.8, 4) is 0 Å². The average molecular weight is 202 g/mol. The molecule has 4 nitrogen and oxygen atoms in total. The Morgan fingerprint density at radius 2 is 2.38 bits per heavy atom. The molecule has 0 radical (unpaired) electrons. The van der Waals surface area contributed by atoms with E-state index in [0.29, 0.717) is 11.7 Å². The molecule has 0 amide bonds. The van der Waals surface area contributed by atoms with Crippen molar-refractivity contribution >= 4 is 17.4 Å². The van der Waals surface area contributed by atoms with E-state index in [-0.39, 0.29) is 5.56 Å². The summed E-state index contributed by atoms with van der Waals surface area (Å²) < 4.78 is 0. The number of anilines is 1. The number of aromatic nitrogens is 2. The molecule has 0 spiro atoms. The second-order valence-corrected chi connectivity index (χ2v) is 2.97. The summed E-state index contributed by atoms with van der Waals surface area (Å²) in [4.78, 5) is 17.5. The van der Waals surface area contributed by atoms with E-state index in [9.17, 15) is 4.79 Å². The maximum Gasteiger partial charge on any atom is 0.290 e. The number of rotatable bonds is 5. The zero-order valence-corrected chi connectivity index (χ0v) is 7.97. The van der Waals surface area contributed by atoms with E-state index in [1.165, 1.54) is 6.20 Å². The maximum atomic E-state index is 11.1. The molecule has 5 heteroatoms. The van der Waals surface area contributed by atoms with Crippen LogP contribution in [0.4, 0.5) is 5.82 Å². The number of H-pyrrole nitrogens is 1. The normalized spacial score (nSPS) is 9.92. The fourth-order valence-corrected chi connectivity index (χ4v) is 1.09. The van der Waals surface area contributed by atoms with Gasteiger partial charge in [-0.3, -0.25) is 4.79 Å². The average Bonchev–Trinajstić information content (AvgIpc) is 2.15. The van der Waals surface area contributed by atoms with Gasteiger partial charge in [0.2, 0.25) is 0 Å². The van der Waals surface area contributed by atoms with Crippen molar-refractivity contribution < 1.29 is 0 Å². The molecule has 0 saturated heterocycles. The van der Waals surface area contributed by atoms with Crippen LogP contribution in [0, 0.1) is 0 Å². The van der Waals surface area contributed by atoms with Gasteiger partial charge in [0, 0.05) is 24.8 Å². The fraction of sp³-hybridized carbons (Fsp3) is 0.500. The van der Waals surface area contributed by atoms with Gasteiger partial charge in [-0.15, -0.1) is 11.6 Å². The summed E-state index contributed by atoms with van der Waals surface area (Å²) in [7, 11) is 0. The van der Waals surface area contributed by atoms with Crippen LogP contribution in [0.1, 0.15) is 12.8 Å². The fourth-order valence-electron chi connectivity index (χ4n) is 0.904. The first-order valence-corrected chi connectivity index (χ1v) is 4.71. The predicted molar refractivity (Wildman–Crippen MR) is 53.3 cm³/mol. The molecule has 2 N–H and O–H groups in total. The summed E-state index contributed by atoms with van der Waals surface area (Å²) in [5, 5.41) is 2.93. The molecular weight excluding hydrogens is 190 g/mol. The summed E-state index contributed by atoms with van der Waals surface area (Å²) >= 11 is 5.50. The Morgan fingerprint density at radius 1 is 1.54 bits per heavy atom. The van der Waals surface area contributed by atoms with E-state index < -0.39 is 0 Å². The van der Waals surface area contributed by atoms with Gasteiger partial charge in [0.05, 0.1) is 0 Å². The van der Waals surface area contributed by atoms with Crippen molar-refractivity contribution in [3.63, 3.8) is 0 Å². The smallest absolute Gasteiger partial charge is 0.290 e. The number of halogens is 1. The molecule has 0 aromatic carbocycles. The van der Waals surface area contributed by atoms with Crippen molar-refractivity contribution in [1.82, 2.24) is 9.97 Å². The molecule has 1 heterocycles. The second kappa shape index (κ2) is 5.59. The van der Waals surface area contributed by atoms with Crippen LogP contribution in [0.3, 0.4) is 0 Å². The van der Waals surface area contributed by atoms with E-state index >= 15 is 0 Å². The van der Waals surface area contributed by atoms with E-state index in [0.717, 1.165) is 19.4 Å². The Labute approximate surface area is 81.3 Å². The molecule has 13 heavy (non-hydrogen) atoms. The molecule has 1 rings (SSSR count). The van der Waals surface area contributed by atoms with E-state index in [4.69, 9.17) is 11.6 Å². The molecule has 0 saturated carbocycles. The number of nitrogens with zero attached hydrogens (tertiary/aromatic N) is 1. The van der Waals surface area contributed by atoms with Gasteiger partial charge in [-0.05, 0) is 12.8 Å². The van der Waals surface area contributed by atoms with Crippen molar-refractivity contribution in [2.75, 3.05) is 17.7 Å². The SMILES string of the molecule is O=c1[nH]ccnc1NCCCCCl. The molecule has 1 aromatic rings. The van der Waals surface area contributed by atoms with Crippen LogP contribution in [0.2, 0.25) is 0 Å². The lowest BCUT2D eigenvalue weighted by Gasteiger charge is -2.01. The lowest BCUT2D eigenvalue weighted by atomic mass is 10.3. The Balaban J connectivity index is 2.37. The minimum Gasteiger partial charge on any atom is -0.365 e. The van der Waals surface area contributed by atoms with Gasteiger partial charge in [0.25, 0.3) is 5.56 Å². The van der Waals surface area contributed by atoms with Crippen molar-refractivity contribution in [2.45, 2.75) is 12.8 Å². The molecular formula is C8H12ClN3O. The highest BCUT2D eigenvalue weighted by atomic mass is 35.5. The minimum absolute atomic E-state index is 0.187. The van der Waals surface area contributed by atoms with Gasteiger partial charge in [-0.2, -0.15) is 0 Å². The third-order valence-corrected chi connectivity index (χ3v) is 1.83. The first kappa shape index (κ1) is 10.1. The first-order valence-electron chi connectivity index (χ1n) is 4.18. The number of nitrogens with one attached hydrogen (secondary N) is 2. The van der Waals surface area contributed by atoms with E-state index in [1.807, 2.05) is 0 Å². The monoisotopic (exact) mass is 201 g/mol. The van der Waals surface area contributed by atoms with Gasteiger partial charge >= 0.3 is 0 Å². The summed E-state index contributed by atoms with van der Waals surface area (Å²) in [6.07, 6.45) is 4.94. The van der Waals surface area contributed by atoms with Gasteiger partial charge < -0.3 is 10.3 Å². The Morgan fingerprint density at radius 3 is 3.08 bits per heavy atom. The van der Waals surface area contributed by atoms with Crippen LogP contribution in [-0.2, 0) is 0 Å². The predicted octanol–water partition coefficient (Wildman–Crippen LogP) is 1.20. The standard InChI is InChI=1S/C8H12ClN3O/c9-3-1-2-4-10-7-8(13)12-6-5-11-7/h5-6H,1-4H2,(H,10,11)(H,12,13). The zero-order valence-electron chi connectivity index (χ0n) is 7.22. The molecule has 0 aliphatic heterocycles. The Hall–Kier alpha value is -1.03. The lowest BCUT2D eigenvalue weighted by molar-refractivity contribution is 0.833. The highest BCUT2D eigenvalue weighted by Gasteiger charge is 1.96. The number of alkyl halides is 1. The van der Waals surface area contributed by atoms with Crippen LogP contribution >= 0.6 is 11.6 Å². The highest BCUT2D eigenvalue weighted by Crippen LogP contribution is 1.94. The van der Waals surface area contributed by atoms with Gasteiger partial charge in [-0.1, -0.05) is 0 Å². The van der Waals surface area contributed by atoms with Crippen molar-refractivity contribution in [2.24, 2.45) is 0 Å². The molecule has 0 unspecified atom stereocenters. The van der Waals surface area contributed by atoms with Crippen LogP contribution < -0.4 is 10.9 Å². The van der Waals surface area contributed by atoms with E-state index in [2.05, 4.69) is 15.3 Å². The summed E-state index contributed by atoms with van der Waals surface area (Å²) in [5.41, 5.74) is -0.187. The molecule has 0 fully saturated rings. The maximum absolute atomic E-state index is 11.1. The van der Waals surface area contributed by atoms with Crippen LogP contribution in [0.5, 0.6) is 0 Å². The minimum atomic E-state index is -0.187. The summed E-state index contributed by atoms with van der Waals surface area (Å²) in [6.45, 7) is 0.729. The number of hydrogen-bond acceptors (Lipinski definition) is 3. The third-order valence-electron chi connectivity index (χ3n) is 1.56. The Kier molecular flexibility index (Phi) is 4.32. The number of unbranched alkanes of at least 4 members (excludes halogenated alkanes) is 1. The van der Waals surface area contributed by atoms with Crippen LogP contribution in [-0.4, -0.2) is 22.4 Å². The number of aromatic amines is 1. The van der Waals surface area contributed by atoms with Crippen molar-refractivity contribution in [1.29, 1.82) is 0 Å². The molecule has 0 aliphatic carbocycles. The van der Waals surface area contributed by atoms with Gasteiger partial charge in [0.1, 0.15) is 0 Å². The van der Waals surface area contributed by atoms with E-state index in [1.54, 1.807) is 6.20 Å². The number of hydrogen-bond donors (Lipinski definition) is 2. The summed E-state index contributed by atoms with van der Waals surface area (Å²) in [6, 6.07) is 0. The van der Waals surface area contributed by atoms with Crippen LogP contribution in [0.15, 0.2) is 17.2 Å².